The zero-order chi connectivity index (χ0) is 23.5. The largest absolute Gasteiger partial charge is 0.490 e. The van der Waals surface area contributed by atoms with E-state index in [0.717, 1.165) is 55.1 Å². The molecular weight excluding hydrogens is 428 g/mol. The quantitative estimate of drug-likeness (QED) is 0.506. The molecule has 7 heteroatoms. The van der Waals surface area contributed by atoms with E-state index in [1.807, 2.05) is 37.3 Å². The molecule has 0 unspecified atom stereocenters. The first-order valence-electron chi connectivity index (χ1n) is 12.0. The van der Waals surface area contributed by atoms with Crippen molar-refractivity contribution in [3.05, 3.63) is 59.7 Å². The summed E-state index contributed by atoms with van der Waals surface area (Å²) in [4.78, 5) is 6.99. The highest BCUT2D eigenvalue weighted by atomic mass is 16.5. The second-order valence-electron chi connectivity index (χ2n) is 9.47. The minimum Gasteiger partial charge on any atom is -0.490 e. The standard InChI is InChI=1S/C27H32N4O3/c1-4-32-23-17-19(16-21-10-13-27(2,3)33-24(21)23)18-31-14-11-22(12-15-31)28-26-29-25(30-34-26)20-8-6-5-7-9-20/h5-10,13,16-17,22H,4,11-12,14-15,18H2,1-3H3,(H,28,29,30). The third-order valence-corrected chi connectivity index (χ3v) is 6.25. The van der Waals surface area contributed by atoms with Crippen LogP contribution in [0.1, 0.15) is 44.7 Å². The summed E-state index contributed by atoms with van der Waals surface area (Å²) in [6.07, 6.45) is 6.29. The van der Waals surface area contributed by atoms with Gasteiger partial charge in [0.25, 0.3) is 0 Å². The molecule has 0 saturated carbocycles. The zero-order valence-corrected chi connectivity index (χ0v) is 20.1. The van der Waals surface area contributed by atoms with Crippen molar-refractivity contribution in [3.8, 4) is 22.9 Å². The van der Waals surface area contributed by atoms with E-state index < -0.39 is 0 Å². The first-order chi connectivity index (χ1) is 16.5. The summed E-state index contributed by atoms with van der Waals surface area (Å²) >= 11 is 0. The van der Waals surface area contributed by atoms with E-state index in [1.165, 1.54) is 5.56 Å². The Hall–Kier alpha value is -3.32. The van der Waals surface area contributed by atoms with E-state index >= 15 is 0 Å². The average molecular weight is 461 g/mol. The number of nitrogens with one attached hydrogen (secondary N) is 1. The maximum absolute atomic E-state index is 6.19. The van der Waals surface area contributed by atoms with Gasteiger partial charge < -0.3 is 19.3 Å². The molecule has 2 aliphatic rings. The molecule has 0 atom stereocenters. The van der Waals surface area contributed by atoms with Gasteiger partial charge in [-0.1, -0.05) is 41.6 Å². The maximum atomic E-state index is 6.19. The summed E-state index contributed by atoms with van der Waals surface area (Å²) in [5.41, 5.74) is 2.96. The molecule has 3 heterocycles. The number of ether oxygens (including phenoxy) is 2. The van der Waals surface area contributed by atoms with Gasteiger partial charge in [0, 0.05) is 36.8 Å². The van der Waals surface area contributed by atoms with Crippen LogP contribution >= 0.6 is 0 Å². The molecule has 1 saturated heterocycles. The second-order valence-corrected chi connectivity index (χ2v) is 9.47. The van der Waals surface area contributed by atoms with Gasteiger partial charge >= 0.3 is 6.01 Å². The third-order valence-electron chi connectivity index (χ3n) is 6.25. The molecule has 0 amide bonds. The molecule has 5 rings (SSSR count). The Morgan fingerprint density at radius 1 is 1.15 bits per heavy atom. The van der Waals surface area contributed by atoms with Gasteiger partial charge in [-0.05, 0) is 57.4 Å². The summed E-state index contributed by atoms with van der Waals surface area (Å²) < 4.78 is 17.6. The van der Waals surface area contributed by atoms with Crippen molar-refractivity contribution in [2.45, 2.75) is 51.8 Å². The molecule has 0 spiro atoms. The number of hydrogen-bond donors (Lipinski definition) is 1. The molecule has 34 heavy (non-hydrogen) atoms. The molecule has 2 aliphatic heterocycles. The Morgan fingerprint density at radius 3 is 2.71 bits per heavy atom. The van der Waals surface area contributed by atoms with Crippen molar-refractivity contribution in [1.29, 1.82) is 0 Å². The van der Waals surface area contributed by atoms with Gasteiger partial charge in [-0.15, -0.1) is 0 Å². The summed E-state index contributed by atoms with van der Waals surface area (Å²) in [6.45, 7) is 9.62. The van der Waals surface area contributed by atoms with Gasteiger partial charge in [-0.2, -0.15) is 4.98 Å². The van der Waals surface area contributed by atoms with Crippen molar-refractivity contribution in [3.63, 3.8) is 0 Å². The number of fused-ring (bicyclic) bond motifs is 1. The number of hydrogen-bond acceptors (Lipinski definition) is 7. The van der Waals surface area contributed by atoms with Crippen LogP contribution in [0.2, 0.25) is 0 Å². The minimum atomic E-state index is -0.324. The molecule has 0 bridgehead atoms. The van der Waals surface area contributed by atoms with Gasteiger partial charge in [0.05, 0.1) is 6.61 Å². The topological polar surface area (TPSA) is 72.7 Å². The SMILES string of the molecule is CCOc1cc(CN2CCC(Nc3nc(-c4ccccc4)no3)CC2)cc2c1OC(C)(C)C=C2. The Bertz CT molecular complexity index is 1150. The van der Waals surface area contributed by atoms with E-state index in [4.69, 9.17) is 14.0 Å². The second kappa shape index (κ2) is 9.50. The highest BCUT2D eigenvalue weighted by molar-refractivity contribution is 5.66. The average Bonchev–Trinajstić information content (AvgIpc) is 3.30. The summed E-state index contributed by atoms with van der Waals surface area (Å²) in [6, 6.07) is 15.0. The van der Waals surface area contributed by atoms with Gasteiger partial charge in [0.15, 0.2) is 11.5 Å². The fourth-order valence-electron chi connectivity index (χ4n) is 4.51. The lowest BCUT2D eigenvalue weighted by atomic mass is 9.99. The Kier molecular flexibility index (Phi) is 6.28. The molecule has 1 aromatic heterocycles. The van der Waals surface area contributed by atoms with Crippen LogP contribution in [0.5, 0.6) is 11.5 Å². The Labute approximate surface area is 200 Å². The highest BCUT2D eigenvalue weighted by Crippen LogP contribution is 2.40. The molecule has 2 aromatic carbocycles. The first-order valence-corrected chi connectivity index (χ1v) is 12.0. The van der Waals surface area contributed by atoms with Crippen LogP contribution in [-0.4, -0.2) is 46.4 Å². The van der Waals surface area contributed by atoms with Gasteiger partial charge in [-0.25, -0.2) is 0 Å². The normalized spacial score (nSPS) is 17.7. The number of anilines is 1. The lowest BCUT2D eigenvalue weighted by Gasteiger charge is -2.33. The molecule has 1 N–H and O–H groups in total. The van der Waals surface area contributed by atoms with Crippen LogP contribution in [0.3, 0.4) is 0 Å². The van der Waals surface area contributed by atoms with Crippen LogP contribution < -0.4 is 14.8 Å². The van der Waals surface area contributed by atoms with E-state index in [2.05, 4.69) is 58.5 Å². The highest BCUT2D eigenvalue weighted by Gasteiger charge is 2.26. The molecule has 0 aliphatic carbocycles. The molecular formula is C27H32N4O3. The predicted octanol–water partition coefficient (Wildman–Crippen LogP) is 5.40. The van der Waals surface area contributed by atoms with Gasteiger partial charge in [0.2, 0.25) is 5.82 Å². The van der Waals surface area contributed by atoms with Crippen molar-refractivity contribution in [1.82, 2.24) is 15.0 Å². The number of benzene rings is 2. The van der Waals surface area contributed by atoms with Crippen molar-refractivity contribution in [2.24, 2.45) is 0 Å². The number of aromatic nitrogens is 2. The van der Waals surface area contributed by atoms with Crippen LogP contribution in [-0.2, 0) is 6.54 Å². The maximum Gasteiger partial charge on any atom is 0.322 e. The van der Waals surface area contributed by atoms with Gasteiger partial charge in [-0.3, -0.25) is 4.90 Å². The monoisotopic (exact) mass is 460 g/mol. The Balaban J connectivity index is 1.19. The lowest BCUT2D eigenvalue weighted by molar-refractivity contribution is 0.149. The summed E-state index contributed by atoms with van der Waals surface area (Å²) in [7, 11) is 0. The minimum absolute atomic E-state index is 0.321. The van der Waals surface area contributed by atoms with Crippen LogP contribution in [0, 0.1) is 0 Å². The van der Waals surface area contributed by atoms with Crippen molar-refractivity contribution < 1.29 is 14.0 Å². The smallest absolute Gasteiger partial charge is 0.322 e. The fraction of sp³-hybridized carbons (Fsp3) is 0.407. The number of piperidine rings is 1. The lowest BCUT2D eigenvalue weighted by Crippen LogP contribution is -2.38. The summed E-state index contributed by atoms with van der Waals surface area (Å²) in [5.74, 6) is 2.28. The molecule has 3 aromatic rings. The van der Waals surface area contributed by atoms with Gasteiger partial charge in [0.1, 0.15) is 5.60 Å². The number of likely N-dealkylation sites (tertiary alicyclic amines) is 1. The molecule has 1 fully saturated rings. The molecule has 178 valence electrons. The van der Waals surface area contributed by atoms with E-state index in [9.17, 15) is 0 Å². The van der Waals surface area contributed by atoms with Crippen LogP contribution in [0.4, 0.5) is 6.01 Å². The first kappa shape index (κ1) is 22.5. The number of nitrogens with zero attached hydrogens (tertiary/aromatic N) is 3. The van der Waals surface area contributed by atoms with Crippen molar-refractivity contribution >= 4 is 12.1 Å². The van der Waals surface area contributed by atoms with Crippen LogP contribution in [0.25, 0.3) is 17.5 Å². The van der Waals surface area contributed by atoms with Crippen molar-refractivity contribution in [2.75, 3.05) is 25.0 Å². The molecule has 0 radical (unpaired) electrons. The van der Waals surface area contributed by atoms with E-state index in [-0.39, 0.29) is 5.60 Å². The zero-order valence-electron chi connectivity index (χ0n) is 20.1. The molecule has 7 nitrogen and oxygen atoms in total. The van der Waals surface area contributed by atoms with Crippen LogP contribution in [0.15, 0.2) is 53.1 Å². The number of rotatable bonds is 7. The predicted molar refractivity (Wildman–Crippen MR) is 133 cm³/mol. The van der Waals surface area contributed by atoms with E-state index in [0.29, 0.717) is 24.5 Å². The van der Waals surface area contributed by atoms with E-state index in [1.54, 1.807) is 0 Å². The summed E-state index contributed by atoms with van der Waals surface area (Å²) in [5, 5.41) is 7.52. The Morgan fingerprint density at radius 2 is 1.94 bits per heavy atom. The third kappa shape index (κ3) is 5.09. The fourth-order valence-corrected chi connectivity index (χ4v) is 4.51.